The van der Waals surface area contributed by atoms with Gasteiger partial charge in [-0.15, -0.1) is 11.3 Å². The highest BCUT2D eigenvalue weighted by molar-refractivity contribution is 7.15. The van der Waals surface area contributed by atoms with Crippen LogP contribution in [0.1, 0.15) is 29.1 Å². The lowest BCUT2D eigenvalue weighted by Gasteiger charge is -2.21. The Hall–Kier alpha value is -2.28. The van der Waals surface area contributed by atoms with Crippen LogP contribution in [0.4, 0.5) is 5.82 Å². The number of hydrogen-bond acceptors (Lipinski definition) is 5. The molecule has 0 bridgehead atoms. The Morgan fingerprint density at radius 3 is 3.10 bits per heavy atom. The van der Waals surface area contributed by atoms with Gasteiger partial charge >= 0.3 is 5.97 Å². The Morgan fingerprint density at radius 2 is 2.43 bits per heavy atom. The number of furan rings is 1. The molecule has 4 rings (SSSR count). The van der Waals surface area contributed by atoms with E-state index in [2.05, 4.69) is 4.98 Å². The molecule has 1 N–H and O–H groups in total. The molecule has 1 aliphatic rings. The van der Waals surface area contributed by atoms with E-state index in [0.29, 0.717) is 23.4 Å². The van der Waals surface area contributed by atoms with Crippen LogP contribution in [-0.4, -0.2) is 26.5 Å². The van der Waals surface area contributed by atoms with Gasteiger partial charge in [0.25, 0.3) is 0 Å². The van der Waals surface area contributed by atoms with Crippen molar-refractivity contribution in [3.8, 4) is 0 Å². The number of thiazole rings is 1. The van der Waals surface area contributed by atoms with Gasteiger partial charge in [-0.05, 0) is 25.0 Å². The van der Waals surface area contributed by atoms with Crippen LogP contribution >= 0.6 is 11.3 Å². The fourth-order valence-corrected chi connectivity index (χ4v) is 3.22. The van der Waals surface area contributed by atoms with E-state index in [9.17, 15) is 9.90 Å². The molecule has 0 aliphatic heterocycles. The molecule has 0 spiro atoms. The minimum Gasteiger partial charge on any atom is -0.476 e. The molecule has 3 heterocycles. The predicted octanol–water partition coefficient (Wildman–Crippen LogP) is 2.86. The first kappa shape index (κ1) is 12.5. The van der Waals surface area contributed by atoms with Gasteiger partial charge in [0.2, 0.25) is 0 Å². The molecule has 0 atom stereocenters. The molecule has 0 radical (unpaired) electrons. The zero-order chi connectivity index (χ0) is 14.4. The number of fused-ring (bicyclic) bond motifs is 1. The summed E-state index contributed by atoms with van der Waals surface area (Å²) in [7, 11) is 0. The summed E-state index contributed by atoms with van der Waals surface area (Å²) in [6.07, 6.45) is 5.50. The molecule has 21 heavy (non-hydrogen) atoms. The van der Waals surface area contributed by atoms with Crippen LogP contribution in [0, 0.1) is 0 Å². The second-order valence-corrected chi connectivity index (χ2v) is 5.96. The zero-order valence-electron chi connectivity index (χ0n) is 11.1. The summed E-state index contributed by atoms with van der Waals surface area (Å²) in [6.45, 7) is 0.544. The lowest BCUT2D eigenvalue weighted by Crippen LogP contribution is -2.27. The second-order valence-electron chi connectivity index (χ2n) is 5.08. The summed E-state index contributed by atoms with van der Waals surface area (Å²) in [4.78, 5) is 18.9. The molecule has 3 aromatic rings. The first-order chi connectivity index (χ1) is 10.2. The van der Waals surface area contributed by atoms with Crippen molar-refractivity contribution in [1.29, 1.82) is 0 Å². The van der Waals surface area contributed by atoms with Crippen molar-refractivity contribution in [2.24, 2.45) is 0 Å². The quantitative estimate of drug-likeness (QED) is 0.784. The third-order valence-corrected chi connectivity index (χ3v) is 4.37. The number of aromatic carboxylic acids is 1. The average Bonchev–Trinajstić information content (AvgIpc) is 2.87. The molecule has 0 unspecified atom stereocenters. The van der Waals surface area contributed by atoms with Gasteiger partial charge in [0.15, 0.2) is 16.5 Å². The molecule has 108 valence electrons. The number of carbonyl (C=O) groups is 1. The van der Waals surface area contributed by atoms with Crippen LogP contribution in [0.3, 0.4) is 0 Å². The maximum Gasteiger partial charge on any atom is 0.356 e. The van der Waals surface area contributed by atoms with E-state index < -0.39 is 5.97 Å². The fraction of sp³-hybridized carbons (Fsp3) is 0.286. The van der Waals surface area contributed by atoms with E-state index in [-0.39, 0.29) is 5.69 Å². The van der Waals surface area contributed by atoms with Crippen LogP contribution < -0.4 is 4.90 Å². The minimum absolute atomic E-state index is 0.227. The molecule has 0 amide bonds. The number of nitrogens with zero attached hydrogens (tertiary/aromatic N) is 3. The van der Waals surface area contributed by atoms with Crippen molar-refractivity contribution in [3.05, 3.63) is 41.4 Å². The first-order valence-corrected chi connectivity index (χ1v) is 7.60. The van der Waals surface area contributed by atoms with Crippen molar-refractivity contribution in [1.82, 2.24) is 9.38 Å². The summed E-state index contributed by atoms with van der Waals surface area (Å²) < 4.78 is 7.04. The second kappa shape index (κ2) is 4.63. The molecule has 7 heteroatoms. The lowest BCUT2D eigenvalue weighted by atomic mass is 10.3. The van der Waals surface area contributed by atoms with E-state index in [1.54, 1.807) is 16.9 Å². The van der Waals surface area contributed by atoms with E-state index in [4.69, 9.17) is 4.42 Å². The number of carboxylic acids is 1. The Labute approximate surface area is 124 Å². The standard InChI is InChI=1S/C14H13N3O3S/c18-13(19)11-12(15-14-16(11)5-7-21-14)17(9-3-4-9)8-10-2-1-6-20-10/h1-2,5-7,9H,3-4,8H2,(H,18,19). The molecular formula is C14H13N3O3S. The van der Waals surface area contributed by atoms with E-state index in [0.717, 1.165) is 18.6 Å². The Balaban J connectivity index is 1.80. The summed E-state index contributed by atoms with van der Waals surface area (Å²) >= 11 is 1.44. The zero-order valence-corrected chi connectivity index (χ0v) is 11.9. The van der Waals surface area contributed by atoms with Crippen molar-refractivity contribution < 1.29 is 14.3 Å². The van der Waals surface area contributed by atoms with Crippen LogP contribution in [0.25, 0.3) is 4.96 Å². The smallest absolute Gasteiger partial charge is 0.356 e. The fourth-order valence-electron chi connectivity index (χ4n) is 2.51. The van der Waals surface area contributed by atoms with E-state index in [1.165, 1.54) is 11.3 Å². The van der Waals surface area contributed by atoms with Gasteiger partial charge in [0, 0.05) is 17.6 Å². The topological polar surface area (TPSA) is 71.0 Å². The first-order valence-electron chi connectivity index (χ1n) is 6.72. The number of imidazole rings is 1. The summed E-state index contributed by atoms with van der Waals surface area (Å²) in [5.74, 6) is 0.392. The van der Waals surface area contributed by atoms with Gasteiger partial charge < -0.3 is 14.4 Å². The molecule has 1 saturated carbocycles. The molecule has 0 aromatic carbocycles. The lowest BCUT2D eigenvalue weighted by molar-refractivity contribution is 0.0690. The van der Waals surface area contributed by atoms with E-state index in [1.807, 2.05) is 22.4 Å². The van der Waals surface area contributed by atoms with Gasteiger partial charge in [-0.2, -0.15) is 0 Å². The third-order valence-electron chi connectivity index (χ3n) is 3.61. The molecule has 1 fully saturated rings. The SMILES string of the molecule is O=C(O)c1c(N(Cc2ccco2)C2CC2)nc2sccn12. The van der Waals surface area contributed by atoms with Crippen LogP contribution in [-0.2, 0) is 6.54 Å². The summed E-state index contributed by atoms with van der Waals surface area (Å²) in [5.41, 5.74) is 0.227. The molecule has 0 saturated heterocycles. The molecule has 6 nitrogen and oxygen atoms in total. The number of aromatic nitrogens is 2. The van der Waals surface area contributed by atoms with Crippen molar-refractivity contribution in [2.75, 3.05) is 4.90 Å². The van der Waals surface area contributed by atoms with E-state index >= 15 is 0 Å². The number of anilines is 1. The monoisotopic (exact) mass is 303 g/mol. The molecule has 3 aromatic heterocycles. The van der Waals surface area contributed by atoms with Gasteiger partial charge in [-0.3, -0.25) is 4.40 Å². The highest BCUT2D eigenvalue weighted by Gasteiger charge is 2.35. The van der Waals surface area contributed by atoms with Crippen LogP contribution in [0.2, 0.25) is 0 Å². The number of hydrogen-bond donors (Lipinski definition) is 1. The maximum absolute atomic E-state index is 11.6. The average molecular weight is 303 g/mol. The van der Waals surface area contributed by atoms with Gasteiger partial charge in [-0.25, -0.2) is 9.78 Å². The summed E-state index contributed by atoms with van der Waals surface area (Å²) in [6, 6.07) is 4.08. The Kier molecular flexibility index (Phi) is 2.75. The third kappa shape index (κ3) is 2.09. The highest BCUT2D eigenvalue weighted by atomic mass is 32.1. The molecule has 1 aliphatic carbocycles. The van der Waals surface area contributed by atoms with Crippen molar-refractivity contribution in [2.45, 2.75) is 25.4 Å². The Morgan fingerprint density at radius 1 is 1.57 bits per heavy atom. The predicted molar refractivity (Wildman–Crippen MR) is 77.9 cm³/mol. The highest BCUT2D eigenvalue weighted by Crippen LogP contribution is 2.35. The van der Waals surface area contributed by atoms with Crippen molar-refractivity contribution in [3.63, 3.8) is 0 Å². The minimum atomic E-state index is -0.957. The Bertz CT molecular complexity index is 786. The normalized spacial score (nSPS) is 14.7. The van der Waals surface area contributed by atoms with Crippen molar-refractivity contribution >= 4 is 28.1 Å². The largest absolute Gasteiger partial charge is 0.476 e. The maximum atomic E-state index is 11.6. The van der Waals surface area contributed by atoms with Gasteiger partial charge in [0.1, 0.15) is 5.76 Å². The number of carboxylic acid groups (broad SMARTS) is 1. The summed E-state index contributed by atoms with van der Waals surface area (Å²) in [5, 5.41) is 11.4. The number of rotatable bonds is 5. The van der Waals surface area contributed by atoms with Crippen LogP contribution in [0.5, 0.6) is 0 Å². The van der Waals surface area contributed by atoms with Crippen LogP contribution in [0.15, 0.2) is 34.4 Å². The van der Waals surface area contributed by atoms with Gasteiger partial charge in [0.05, 0.1) is 12.8 Å². The van der Waals surface area contributed by atoms with Gasteiger partial charge in [-0.1, -0.05) is 0 Å². The molecular weight excluding hydrogens is 290 g/mol.